The zero-order valence-electron chi connectivity index (χ0n) is 18.1. The Morgan fingerprint density at radius 2 is 1.62 bits per heavy atom. The van der Waals surface area contributed by atoms with Crippen molar-refractivity contribution < 1.29 is 22.7 Å². The lowest BCUT2D eigenvalue weighted by Crippen LogP contribution is -2.44. The van der Waals surface area contributed by atoms with E-state index < -0.39 is 18.2 Å². The number of carbonyl (C=O) groups excluding carboxylic acids is 1. The first-order chi connectivity index (χ1) is 16.4. The third-order valence-corrected chi connectivity index (χ3v) is 5.91. The first kappa shape index (κ1) is 21.9. The molecular weight excluding hydrogens is 443 g/mol. The van der Waals surface area contributed by atoms with E-state index in [4.69, 9.17) is 4.74 Å². The molecule has 2 heterocycles. The van der Waals surface area contributed by atoms with Gasteiger partial charge in [-0.2, -0.15) is 13.2 Å². The molecule has 4 aromatic rings. The van der Waals surface area contributed by atoms with Gasteiger partial charge in [-0.3, -0.25) is 0 Å². The normalized spacial score (nSPS) is 16.1. The van der Waals surface area contributed by atoms with Gasteiger partial charge in [0, 0.05) is 23.1 Å². The van der Waals surface area contributed by atoms with Gasteiger partial charge in [-0.15, -0.1) is 0 Å². The zero-order chi connectivity index (χ0) is 23.7. The average Bonchev–Trinajstić information content (AvgIpc) is 3.05. The van der Waals surface area contributed by atoms with E-state index in [0.29, 0.717) is 41.1 Å². The average molecular weight is 465 g/mol. The van der Waals surface area contributed by atoms with Gasteiger partial charge >= 0.3 is 12.2 Å². The number of rotatable bonds is 3. The molecule has 1 aliphatic heterocycles. The number of nitrogens with one attached hydrogen (secondary N) is 2. The molecule has 2 N–H and O–H groups in total. The van der Waals surface area contributed by atoms with E-state index in [0.717, 1.165) is 10.3 Å². The minimum Gasteiger partial charge on any atom is -0.457 e. The number of aromatic amines is 1. The molecule has 0 spiro atoms. The van der Waals surface area contributed by atoms with E-state index in [-0.39, 0.29) is 12.2 Å². The van der Waals surface area contributed by atoms with Gasteiger partial charge in [0.2, 0.25) is 0 Å². The van der Waals surface area contributed by atoms with Crippen molar-refractivity contribution in [1.82, 2.24) is 9.88 Å². The first-order valence-electron chi connectivity index (χ1n) is 11.0. The Hall–Kier alpha value is -3.94. The van der Waals surface area contributed by atoms with Crippen LogP contribution >= 0.6 is 0 Å². The van der Waals surface area contributed by atoms with Crippen molar-refractivity contribution in [3.05, 3.63) is 90.1 Å². The number of ether oxygens (including phenoxy) is 1. The Morgan fingerprint density at radius 1 is 0.941 bits per heavy atom. The largest absolute Gasteiger partial charge is 0.457 e. The van der Waals surface area contributed by atoms with E-state index in [1.54, 1.807) is 42.5 Å². The predicted molar refractivity (Wildman–Crippen MR) is 124 cm³/mol. The highest BCUT2D eigenvalue weighted by molar-refractivity contribution is 5.90. The summed E-state index contributed by atoms with van der Waals surface area (Å²) in [7, 11) is 0. The van der Waals surface area contributed by atoms with Gasteiger partial charge in [-0.1, -0.05) is 36.4 Å². The quantitative estimate of drug-likeness (QED) is 0.341. The summed E-state index contributed by atoms with van der Waals surface area (Å²) in [5.41, 5.74) is 1.68. The predicted octanol–water partition coefficient (Wildman–Crippen LogP) is 7.04. The molecule has 5 nitrogen and oxygen atoms in total. The van der Waals surface area contributed by atoms with E-state index >= 15 is 0 Å². The van der Waals surface area contributed by atoms with E-state index in [1.165, 1.54) is 0 Å². The van der Waals surface area contributed by atoms with Crippen LogP contribution in [0.4, 0.5) is 23.7 Å². The Morgan fingerprint density at radius 3 is 2.35 bits per heavy atom. The number of hydrogen-bond donors (Lipinski definition) is 2. The lowest BCUT2D eigenvalue weighted by Gasteiger charge is -2.31. The molecule has 5 rings (SSSR count). The summed E-state index contributed by atoms with van der Waals surface area (Å²) in [6.07, 6.45) is -3.75. The number of H-pyrrole nitrogens is 1. The van der Waals surface area contributed by atoms with Crippen molar-refractivity contribution in [2.75, 3.05) is 11.9 Å². The maximum Gasteiger partial charge on any atom is 0.414 e. The van der Waals surface area contributed by atoms with Gasteiger partial charge in [0.05, 0.1) is 5.69 Å². The van der Waals surface area contributed by atoms with Crippen LogP contribution in [0.15, 0.2) is 78.9 Å². The maximum atomic E-state index is 14.3. The van der Waals surface area contributed by atoms with Gasteiger partial charge in [0.1, 0.15) is 11.5 Å². The number of fused-ring (bicyclic) bond motifs is 3. The molecule has 0 fully saturated rings. The second-order valence-corrected chi connectivity index (χ2v) is 8.17. The van der Waals surface area contributed by atoms with Gasteiger partial charge in [0.15, 0.2) is 6.04 Å². The molecule has 2 amide bonds. The number of anilines is 1. The van der Waals surface area contributed by atoms with Crippen LogP contribution in [-0.2, 0) is 6.42 Å². The van der Waals surface area contributed by atoms with E-state index in [1.807, 2.05) is 36.4 Å². The number of aryl methyl sites for hydroxylation is 1. The highest BCUT2D eigenvalue weighted by Gasteiger charge is 2.49. The number of benzene rings is 3. The fraction of sp³-hybridized carbons (Fsp3) is 0.192. The number of carbonyl (C=O) groups is 1. The number of aromatic nitrogens is 1. The molecule has 0 saturated carbocycles. The minimum atomic E-state index is -4.63. The molecular formula is C26H22F3N3O2. The molecule has 3 aromatic carbocycles. The highest BCUT2D eigenvalue weighted by atomic mass is 19.4. The van der Waals surface area contributed by atoms with Gasteiger partial charge < -0.3 is 19.9 Å². The molecule has 1 unspecified atom stereocenters. The molecule has 8 heteroatoms. The van der Waals surface area contributed by atoms with Crippen LogP contribution in [0.3, 0.4) is 0 Å². The van der Waals surface area contributed by atoms with Crippen LogP contribution in [0.25, 0.3) is 10.9 Å². The smallest absolute Gasteiger partial charge is 0.414 e. The molecule has 0 aliphatic carbocycles. The number of halogens is 3. The van der Waals surface area contributed by atoms with Crippen molar-refractivity contribution in [1.29, 1.82) is 0 Å². The molecule has 1 aromatic heterocycles. The zero-order valence-corrected chi connectivity index (χ0v) is 18.1. The summed E-state index contributed by atoms with van der Waals surface area (Å²) in [5, 5.41) is 3.38. The van der Waals surface area contributed by atoms with Gasteiger partial charge in [-0.05, 0) is 60.9 Å². The first-order valence-corrected chi connectivity index (χ1v) is 11.0. The van der Waals surface area contributed by atoms with Crippen LogP contribution in [0, 0.1) is 0 Å². The van der Waals surface area contributed by atoms with Crippen molar-refractivity contribution in [2.45, 2.75) is 25.1 Å². The minimum absolute atomic E-state index is 0.0118. The molecule has 0 saturated heterocycles. The summed E-state index contributed by atoms with van der Waals surface area (Å²) in [6, 6.07) is 20.0. The van der Waals surface area contributed by atoms with Crippen molar-refractivity contribution >= 4 is 22.6 Å². The van der Waals surface area contributed by atoms with Crippen LogP contribution in [0.2, 0.25) is 0 Å². The lowest BCUT2D eigenvalue weighted by atomic mass is 10.0. The van der Waals surface area contributed by atoms with Crippen LogP contribution in [-0.4, -0.2) is 28.6 Å². The van der Waals surface area contributed by atoms with Crippen LogP contribution in [0.5, 0.6) is 11.5 Å². The van der Waals surface area contributed by atoms with Crippen LogP contribution in [0.1, 0.15) is 23.7 Å². The third kappa shape index (κ3) is 4.31. The third-order valence-electron chi connectivity index (χ3n) is 5.91. The van der Waals surface area contributed by atoms with Gasteiger partial charge in [-0.25, -0.2) is 4.79 Å². The Balaban J connectivity index is 1.39. The highest BCUT2D eigenvalue weighted by Crippen LogP contribution is 2.43. The Kier molecular flexibility index (Phi) is 5.65. The fourth-order valence-corrected chi connectivity index (χ4v) is 4.42. The second-order valence-electron chi connectivity index (χ2n) is 8.17. The second kappa shape index (κ2) is 8.78. The number of para-hydroxylation sites is 2. The van der Waals surface area contributed by atoms with Gasteiger partial charge in [0.25, 0.3) is 0 Å². The van der Waals surface area contributed by atoms with E-state index in [2.05, 4.69) is 10.3 Å². The SMILES string of the molecule is O=C(Nc1ccc(Oc2ccccc2)cc1)N1CCCc2c([nH]c3ccccc23)C1C(F)(F)F. The summed E-state index contributed by atoms with van der Waals surface area (Å²) >= 11 is 0. The number of alkyl halides is 3. The maximum absolute atomic E-state index is 14.3. The Bertz CT molecular complexity index is 1300. The number of nitrogens with zero attached hydrogens (tertiary/aromatic N) is 1. The number of amides is 2. The van der Waals surface area contributed by atoms with Crippen LogP contribution < -0.4 is 10.1 Å². The lowest BCUT2D eigenvalue weighted by molar-refractivity contribution is -0.178. The summed E-state index contributed by atoms with van der Waals surface area (Å²) < 4.78 is 48.6. The molecule has 0 bridgehead atoms. The Labute approximate surface area is 194 Å². The molecule has 1 atom stereocenters. The van der Waals surface area contributed by atoms with Crippen molar-refractivity contribution in [3.63, 3.8) is 0 Å². The summed E-state index contributed by atoms with van der Waals surface area (Å²) in [4.78, 5) is 16.9. The molecule has 1 aliphatic rings. The standard InChI is InChI=1S/C26H22F3N3O2/c27-26(28,29)24-23-21(20-9-4-5-11-22(20)31-23)10-6-16-32(24)25(33)30-17-12-14-19(15-13-17)34-18-7-2-1-3-8-18/h1-5,7-9,11-15,24,31H,6,10,16H2,(H,30,33). The van der Waals surface area contributed by atoms with Crippen molar-refractivity contribution in [2.24, 2.45) is 0 Å². The molecule has 0 radical (unpaired) electrons. The van der Waals surface area contributed by atoms with Crippen molar-refractivity contribution in [3.8, 4) is 11.5 Å². The molecule has 174 valence electrons. The monoisotopic (exact) mass is 465 g/mol. The number of hydrogen-bond acceptors (Lipinski definition) is 2. The fourth-order valence-electron chi connectivity index (χ4n) is 4.42. The summed E-state index contributed by atoms with van der Waals surface area (Å²) in [6.45, 7) is -0.0118. The topological polar surface area (TPSA) is 57.4 Å². The number of urea groups is 1. The van der Waals surface area contributed by atoms with E-state index in [9.17, 15) is 18.0 Å². The summed E-state index contributed by atoms with van der Waals surface area (Å²) in [5.74, 6) is 1.21. The molecule has 34 heavy (non-hydrogen) atoms.